The highest BCUT2D eigenvalue weighted by atomic mass is 127. The fourth-order valence-corrected chi connectivity index (χ4v) is 4.52. The number of pyridine rings is 1. The molecular formula is C19H13ClIN3O2S. The number of hydrogen-bond donors (Lipinski definition) is 1. The van der Waals surface area contributed by atoms with Gasteiger partial charge in [0, 0.05) is 27.6 Å². The molecule has 3 heterocycles. The van der Waals surface area contributed by atoms with E-state index in [4.69, 9.17) is 11.6 Å². The Kier molecular flexibility index (Phi) is 5.16. The largest absolute Gasteiger partial charge is 0.328 e. The highest BCUT2D eigenvalue weighted by Crippen LogP contribution is 2.30. The molecule has 2 amide bonds. The van der Waals surface area contributed by atoms with Gasteiger partial charge in [-0.1, -0.05) is 23.7 Å². The Bertz CT molecular complexity index is 1050. The highest BCUT2D eigenvalue weighted by molar-refractivity contribution is 14.1. The number of carbonyl (C=O) groups is 2. The van der Waals surface area contributed by atoms with Gasteiger partial charge < -0.3 is 10.2 Å². The number of fused-ring (bicyclic) bond motifs is 1. The normalized spacial score (nSPS) is 13.0. The first-order valence-corrected chi connectivity index (χ1v) is 10.4. The summed E-state index contributed by atoms with van der Waals surface area (Å²) in [7, 11) is 0. The van der Waals surface area contributed by atoms with E-state index in [0.29, 0.717) is 33.7 Å². The summed E-state index contributed by atoms with van der Waals surface area (Å²) in [5.74, 6) is -0.372. The Hall–Kier alpha value is -1.97. The van der Waals surface area contributed by atoms with Crippen LogP contribution in [0.5, 0.6) is 0 Å². The number of carbonyl (C=O) groups excluding carboxylic acids is 2. The zero-order valence-corrected chi connectivity index (χ0v) is 17.6. The third-order valence-electron chi connectivity index (χ3n) is 4.20. The number of amides is 2. The fraction of sp³-hybridized carbons (Fsp3) is 0.105. The number of halogens is 2. The molecule has 27 heavy (non-hydrogen) atoms. The fourth-order valence-electron chi connectivity index (χ4n) is 2.97. The van der Waals surface area contributed by atoms with Gasteiger partial charge in [-0.2, -0.15) is 0 Å². The Labute approximate surface area is 178 Å². The van der Waals surface area contributed by atoms with Crippen molar-refractivity contribution in [2.24, 2.45) is 0 Å². The molecule has 0 bridgehead atoms. The number of thiophene rings is 1. The molecule has 8 heteroatoms. The van der Waals surface area contributed by atoms with E-state index in [-0.39, 0.29) is 11.8 Å². The summed E-state index contributed by atoms with van der Waals surface area (Å²) in [6.07, 6.45) is 1.54. The zero-order chi connectivity index (χ0) is 19.0. The molecule has 0 saturated heterocycles. The van der Waals surface area contributed by atoms with Crippen LogP contribution in [-0.2, 0) is 13.1 Å². The van der Waals surface area contributed by atoms with Gasteiger partial charge in [0.25, 0.3) is 11.8 Å². The molecule has 1 aliphatic rings. The van der Waals surface area contributed by atoms with Gasteiger partial charge in [0.1, 0.15) is 5.69 Å². The van der Waals surface area contributed by atoms with Crippen molar-refractivity contribution in [3.8, 4) is 0 Å². The van der Waals surface area contributed by atoms with E-state index < -0.39 is 0 Å². The van der Waals surface area contributed by atoms with E-state index in [9.17, 15) is 9.59 Å². The molecule has 0 unspecified atom stereocenters. The van der Waals surface area contributed by atoms with Crippen LogP contribution in [0.2, 0.25) is 4.34 Å². The number of benzene rings is 1. The number of nitrogens with zero attached hydrogens (tertiary/aromatic N) is 2. The molecule has 136 valence electrons. The van der Waals surface area contributed by atoms with Gasteiger partial charge in [-0.25, -0.2) is 0 Å². The van der Waals surface area contributed by atoms with Crippen molar-refractivity contribution in [2.45, 2.75) is 13.1 Å². The molecule has 1 N–H and O–H groups in total. The van der Waals surface area contributed by atoms with E-state index in [1.807, 2.05) is 24.3 Å². The number of anilines is 1. The Morgan fingerprint density at radius 2 is 2.15 bits per heavy atom. The zero-order valence-electron chi connectivity index (χ0n) is 13.9. The number of nitrogens with one attached hydrogen (secondary N) is 1. The average Bonchev–Trinajstić information content (AvgIpc) is 3.20. The molecular weight excluding hydrogens is 497 g/mol. The minimum Gasteiger partial charge on any atom is -0.328 e. The molecule has 1 aromatic carbocycles. The number of hydrogen-bond acceptors (Lipinski definition) is 4. The van der Waals surface area contributed by atoms with E-state index in [1.54, 1.807) is 29.3 Å². The van der Waals surface area contributed by atoms with Crippen molar-refractivity contribution in [1.29, 1.82) is 0 Å². The summed E-state index contributed by atoms with van der Waals surface area (Å²) in [5, 5.41) is 2.88. The molecule has 0 radical (unpaired) electrons. The summed E-state index contributed by atoms with van der Waals surface area (Å²) in [6.45, 7) is 0.911. The van der Waals surface area contributed by atoms with Crippen molar-refractivity contribution in [3.05, 3.63) is 78.3 Å². The third-order valence-corrected chi connectivity index (χ3v) is 6.10. The second kappa shape index (κ2) is 7.57. The van der Waals surface area contributed by atoms with Crippen LogP contribution in [0.4, 0.5) is 5.69 Å². The first-order chi connectivity index (χ1) is 13.0. The van der Waals surface area contributed by atoms with Gasteiger partial charge in [-0.3, -0.25) is 14.6 Å². The first kappa shape index (κ1) is 18.4. The standard InChI is InChI=1S/C19H13ClIN3O2S/c20-16-5-4-15(27-16)18(25)23-14-6-7-22-17-13(14)10-24(19(17)26)9-11-2-1-3-12(21)8-11/h1-8H,9-10H2,(H,22,23,25). The summed E-state index contributed by atoms with van der Waals surface area (Å²) in [6, 6.07) is 13.1. The van der Waals surface area contributed by atoms with Crippen LogP contribution in [0.3, 0.4) is 0 Å². The van der Waals surface area contributed by atoms with Crippen LogP contribution >= 0.6 is 45.5 Å². The van der Waals surface area contributed by atoms with Crippen LogP contribution in [0.1, 0.15) is 31.3 Å². The lowest BCUT2D eigenvalue weighted by molar-refractivity contribution is 0.0762. The van der Waals surface area contributed by atoms with Gasteiger partial charge >= 0.3 is 0 Å². The van der Waals surface area contributed by atoms with Gasteiger partial charge in [-0.05, 0) is 58.5 Å². The van der Waals surface area contributed by atoms with Gasteiger partial charge in [0.2, 0.25) is 0 Å². The molecule has 0 aliphatic carbocycles. The van der Waals surface area contributed by atoms with Gasteiger partial charge in [-0.15, -0.1) is 11.3 Å². The van der Waals surface area contributed by atoms with E-state index in [2.05, 4.69) is 32.9 Å². The maximum Gasteiger partial charge on any atom is 0.273 e. The Balaban J connectivity index is 1.56. The maximum absolute atomic E-state index is 12.7. The topological polar surface area (TPSA) is 62.3 Å². The third kappa shape index (κ3) is 3.85. The minimum atomic E-state index is -0.246. The minimum absolute atomic E-state index is 0.126. The van der Waals surface area contributed by atoms with Crippen LogP contribution in [0.25, 0.3) is 0 Å². The Morgan fingerprint density at radius 1 is 1.30 bits per heavy atom. The second-order valence-corrected chi connectivity index (χ2v) is 9.00. The molecule has 0 fully saturated rings. The predicted octanol–water partition coefficient (Wildman–Crippen LogP) is 4.81. The Morgan fingerprint density at radius 3 is 2.89 bits per heavy atom. The molecule has 1 aliphatic heterocycles. The quantitative estimate of drug-likeness (QED) is 0.514. The van der Waals surface area contributed by atoms with Crippen molar-refractivity contribution in [2.75, 3.05) is 5.32 Å². The van der Waals surface area contributed by atoms with E-state index in [0.717, 1.165) is 14.7 Å². The number of rotatable bonds is 4. The van der Waals surface area contributed by atoms with Crippen LogP contribution < -0.4 is 5.32 Å². The summed E-state index contributed by atoms with van der Waals surface area (Å²) >= 11 is 9.37. The first-order valence-electron chi connectivity index (χ1n) is 8.09. The number of aromatic nitrogens is 1. The smallest absolute Gasteiger partial charge is 0.273 e. The molecule has 4 rings (SSSR count). The SMILES string of the molecule is O=C(Nc1ccnc2c1CN(Cc1cccc(I)c1)C2=O)c1ccc(Cl)s1. The monoisotopic (exact) mass is 509 g/mol. The summed E-state index contributed by atoms with van der Waals surface area (Å²) in [5.41, 5.74) is 2.79. The molecule has 0 saturated carbocycles. The molecule has 3 aromatic rings. The maximum atomic E-state index is 12.7. The summed E-state index contributed by atoms with van der Waals surface area (Å²) in [4.78, 5) is 31.7. The lowest BCUT2D eigenvalue weighted by Gasteiger charge is -2.15. The lowest BCUT2D eigenvalue weighted by Crippen LogP contribution is -2.23. The second-order valence-electron chi connectivity index (χ2n) is 6.03. The van der Waals surface area contributed by atoms with Crippen LogP contribution in [0, 0.1) is 3.57 Å². The van der Waals surface area contributed by atoms with E-state index >= 15 is 0 Å². The molecule has 0 atom stereocenters. The van der Waals surface area contributed by atoms with Crippen molar-refractivity contribution in [1.82, 2.24) is 9.88 Å². The average molecular weight is 510 g/mol. The highest BCUT2D eigenvalue weighted by Gasteiger charge is 2.31. The molecule has 5 nitrogen and oxygen atoms in total. The summed E-state index contributed by atoms with van der Waals surface area (Å²) < 4.78 is 1.67. The van der Waals surface area contributed by atoms with Crippen molar-refractivity contribution >= 4 is 63.0 Å². The lowest BCUT2D eigenvalue weighted by atomic mass is 10.2. The van der Waals surface area contributed by atoms with Crippen LogP contribution in [0.15, 0.2) is 48.7 Å². The van der Waals surface area contributed by atoms with E-state index in [1.165, 1.54) is 11.3 Å². The van der Waals surface area contributed by atoms with Crippen LogP contribution in [-0.4, -0.2) is 21.7 Å². The van der Waals surface area contributed by atoms with Gasteiger partial charge in [0.15, 0.2) is 0 Å². The molecule has 2 aromatic heterocycles. The van der Waals surface area contributed by atoms with Gasteiger partial charge in [0.05, 0.1) is 15.8 Å². The van der Waals surface area contributed by atoms with Crippen molar-refractivity contribution in [3.63, 3.8) is 0 Å². The predicted molar refractivity (Wildman–Crippen MR) is 114 cm³/mol. The van der Waals surface area contributed by atoms with Crippen molar-refractivity contribution < 1.29 is 9.59 Å². The molecule has 0 spiro atoms.